The molecule has 0 atom stereocenters. The fourth-order valence-corrected chi connectivity index (χ4v) is 3.48. The summed E-state index contributed by atoms with van der Waals surface area (Å²) in [6.45, 7) is 11.6. The van der Waals surface area contributed by atoms with Gasteiger partial charge in [-0.2, -0.15) is 4.98 Å². The van der Waals surface area contributed by atoms with E-state index in [0.717, 1.165) is 38.5 Å². The van der Waals surface area contributed by atoms with Crippen molar-refractivity contribution >= 4 is 11.2 Å². The minimum atomic E-state index is -0.226. The van der Waals surface area contributed by atoms with Crippen LogP contribution in [-0.2, 0) is 13.6 Å². The first kappa shape index (κ1) is 24.6. The van der Waals surface area contributed by atoms with Crippen LogP contribution in [0.3, 0.4) is 0 Å². The Hall–Kier alpha value is -2.69. The maximum Gasteiger partial charge on any atom is 0.298 e. The highest BCUT2D eigenvalue weighted by Crippen LogP contribution is 2.14. The lowest BCUT2D eigenvalue weighted by Gasteiger charge is -2.04. The number of hydrogen-bond donors (Lipinski definition) is 0. The Bertz CT molecular complexity index is 1040. The van der Waals surface area contributed by atoms with E-state index in [1.165, 1.54) is 28.6 Å². The molecule has 0 saturated carbocycles. The van der Waals surface area contributed by atoms with Crippen LogP contribution in [0.25, 0.3) is 11.2 Å². The van der Waals surface area contributed by atoms with Gasteiger partial charge in [0, 0.05) is 13.6 Å². The van der Waals surface area contributed by atoms with Crippen LogP contribution in [0.15, 0.2) is 64.0 Å². The minimum absolute atomic E-state index is 0.226. The molecule has 0 spiro atoms. The van der Waals surface area contributed by atoms with Gasteiger partial charge in [0.1, 0.15) is 6.33 Å². The Kier molecular flexibility index (Phi) is 9.70. The summed E-state index contributed by atoms with van der Waals surface area (Å²) in [7, 11) is 1.85. The molecule has 0 unspecified atom stereocenters. The molecule has 31 heavy (non-hydrogen) atoms. The van der Waals surface area contributed by atoms with Gasteiger partial charge < -0.3 is 9.13 Å². The predicted octanol–water partition coefficient (Wildman–Crippen LogP) is 6.28. The zero-order chi connectivity index (χ0) is 22.8. The highest BCUT2D eigenvalue weighted by Gasteiger charge is 2.08. The van der Waals surface area contributed by atoms with Crippen molar-refractivity contribution in [3.8, 4) is 0 Å². The van der Waals surface area contributed by atoms with Gasteiger partial charge in [0.15, 0.2) is 11.2 Å². The fraction of sp³-hybridized carbons (Fsp3) is 0.500. The average Bonchev–Trinajstić information content (AvgIpc) is 3.14. The van der Waals surface area contributed by atoms with Crippen LogP contribution in [0.5, 0.6) is 0 Å². The van der Waals surface area contributed by atoms with Crippen molar-refractivity contribution in [2.24, 2.45) is 7.05 Å². The summed E-state index contributed by atoms with van der Waals surface area (Å²) in [6, 6.07) is 0. The zero-order valence-electron chi connectivity index (χ0n) is 20.1. The second-order valence-corrected chi connectivity index (χ2v) is 8.78. The normalized spacial score (nSPS) is 13.2. The van der Waals surface area contributed by atoms with Crippen LogP contribution in [0, 0.1) is 0 Å². The molecule has 0 fully saturated rings. The summed E-state index contributed by atoms with van der Waals surface area (Å²) in [4.78, 5) is 20.3. The molecule has 5 nitrogen and oxygen atoms in total. The number of allylic oxidation sites excluding steroid dienone is 8. The molecule has 168 valence electrons. The molecule has 2 rings (SSSR count). The molecule has 2 aromatic rings. The largest absolute Gasteiger partial charge is 0.321 e. The van der Waals surface area contributed by atoms with Gasteiger partial charge in [-0.05, 0) is 73.1 Å². The van der Waals surface area contributed by atoms with Gasteiger partial charge in [-0.25, -0.2) is 4.98 Å². The first-order valence-corrected chi connectivity index (χ1v) is 11.2. The van der Waals surface area contributed by atoms with Gasteiger partial charge in [0.2, 0.25) is 0 Å². The van der Waals surface area contributed by atoms with E-state index in [4.69, 9.17) is 0 Å². The molecule has 0 aliphatic rings. The number of rotatable bonds is 11. The van der Waals surface area contributed by atoms with Crippen molar-refractivity contribution in [2.75, 3.05) is 0 Å². The Morgan fingerprint density at radius 2 is 1.35 bits per heavy atom. The molecule has 2 heterocycles. The molecule has 0 aliphatic carbocycles. The quantitative estimate of drug-likeness (QED) is 0.401. The van der Waals surface area contributed by atoms with Crippen LogP contribution in [0.4, 0.5) is 0 Å². The van der Waals surface area contributed by atoms with Gasteiger partial charge >= 0.3 is 0 Å². The third kappa shape index (κ3) is 8.16. The summed E-state index contributed by atoms with van der Waals surface area (Å²) in [5.74, 6) is 0. The first-order valence-electron chi connectivity index (χ1n) is 11.2. The average molecular weight is 423 g/mol. The third-order valence-corrected chi connectivity index (χ3v) is 5.49. The molecular weight excluding hydrogens is 384 g/mol. The third-order valence-electron chi connectivity index (χ3n) is 5.49. The molecule has 2 aromatic heterocycles. The zero-order valence-corrected chi connectivity index (χ0v) is 20.1. The number of fused-ring (bicyclic) bond motifs is 1. The van der Waals surface area contributed by atoms with Crippen molar-refractivity contribution < 1.29 is 0 Å². The van der Waals surface area contributed by atoms with Crippen LogP contribution in [0.1, 0.15) is 73.1 Å². The highest BCUT2D eigenvalue weighted by molar-refractivity contribution is 5.69. The van der Waals surface area contributed by atoms with Gasteiger partial charge in [-0.1, -0.05) is 46.6 Å². The van der Waals surface area contributed by atoms with Crippen LogP contribution >= 0.6 is 0 Å². The summed E-state index contributed by atoms with van der Waals surface area (Å²) in [5, 5.41) is 0. The minimum Gasteiger partial charge on any atom is -0.321 e. The lowest BCUT2D eigenvalue weighted by atomic mass is 10.0. The maximum atomic E-state index is 12.1. The Morgan fingerprint density at radius 3 is 1.94 bits per heavy atom. The predicted molar refractivity (Wildman–Crippen MR) is 131 cm³/mol. The first-order chi connectivity index (χ1) is 14.8. The summed E-state index contributed by atoms with van der Waals surface area (Å²) in [6.07, 6.45) is 19.1. The van der Waals surface area contributed by atoms with Crippen LogP contribution in [-0.4, -0.2) is 19.1 Å². The van der Waals surface area contributed by atoms with Crippen molar-refractivity contribution in [1.82, 2.24) is 19.1 Å². The molecular formula is C26H38N4O. The van der Waals surface area contributed by atoms with E-state index in [9.17, 15) is 4.79 Å². The van der Waals surface area contributed by atoms with Gasteiger partial charge in [0.25, 0.3) is 5.56 Å². The SMILES string of the molecule is CC(C)=CCCC(C)=CCCC(C)=CCCC(C)=CCn1cnc2c1c(=O)ncn2C. The molecule has 0 aliphatic heterocycles. The maximum absolute atomic E-state index is 12.1. The van der Waals surface area contributed by atoms with E-state index in [1.807, 2.05) is 11.6 Å². The topological polar surface area (TPSA) is 52.7 Å². The van der Waals surface area contributed by atoms with E-state index in [0.29, 0.717) is 17.7 Å². The van der Waals surface area contributed by atoms with Crippen molar-refractivity contribution in [1.29, 1.82) is 0 Å². The van der Waals surface area contributed by atoms with Crippen molar-refractivity contribution in [3.63, 3.8) is 0 Å². The van der Waals surface area contributed by atoms with Crippen molar-refractivity contribution in [3.05, 3.63) is 69.6 Å². The summed E-state index contributed by atoms with van der Waals surface area (Å²) < 4.78 is 3.65. The molecule has 0 aromatic carbocycles. The Morgan fingerprint density at radius 1 is 0.806 bits per heavy atom. The lowest BCUT2D eigenvalue weighted by Crippen LogP contribution is -2.13. The molecule has 0 radical (unpaired) electrons. The smallest absolute Gasteiger partial charge is 0.298 e. The number of imidazole rings is 1. The van der Waals surface area contributed by atoms with E-state index in [-0.39, 0.29) is 5.56 Å². The molecule has 0 amide bonds. The fourth-order valence-electron chi connectivity index (χ4n) is 3.48. The molecule has 0 N–H and O–H groups in total. The van der Waals surface area contributed by atoms with E-state index in [1.54, 1.807) is 10.9 Å². The molecule has 0 saturated heterocycles. The van der Waals surface area contributed by atoms with Gasteiger partial charge in [0.05, 0.1) is 6.33 Å². The van der Waals surface area contributed by atoms with Crippen molar-refractivity contribution in [2.45, 2.75) is 79.7 Å². The van der Waals surface area contributed by atoms with Gasteiger partial charge in [-0.3, -0.25) is 4.79 Å². The van der Waals surface area contributed by atoms with Gasteiger partial charge in [-0.15, -0.1) is 0 Å². The molecule has 5 heteroatoms. The van der Waals surface area contributed by atoms with Crippen LogP contribution < -0.4 is 5.56 Å². The molecule has 0 bridgehead atoms. The summed E-state index contributed by atoms with van der Waals surface area (Å²) in [5.41, 5.74) is 6.67. The monoisotopic (exact) mass is 422 g/mol. The number of nitrogens with zero attached hydrogens (tertiary/aromatic N) is 4. The van der Waals surface area contributed by atoms with Crippen LogP contribution in [0.2, 0.25) is 0 Å². The lowest BCUT2D eigenvalue weighted by molar-refractivity contribution is 0.821. The Balaban J connectivity index is 1.79. The second kappa shape index (κ2) is 12.2. The second-order valence-electron chi connectivity index (χ2n) is 8.78. The van der Waals surface area contributed by atoms with E-state index < -0.39 is 0 Å². The number of hydrogen-bond acceptors (Lipinski definition) is 3. The number of aromatic nitrogens is 4. The van der Waals surface area contributed by atoms with E-state index >= 15 is 0 Å². The highest BCUT2D eigenvalue weighted by atomic mass is 16.1. The van der Waals surface area contributed by atoms with E-state index in [2.05, 4.69) is 68.9 Å². The standard InChI is InChI=1S/C26H38N4O/c1-20(2)10-7-11-21(3)12-8-13-22(4)14-9-15-23(5)16-17-30-19-27-25-24(30)26(31)28-18-29(25)6/h10,12,14,16,18-19H,7-9,11,13,15,17H2,1-6H3. The summed E-state index contributed by atoms with van der Waals surface area (Å²) >= 11 is 0. The Labute approximate surface area is 186 Å². The number of aryl methyl sites for hydroxylation is 1.